The Kier molecular flexibility index (Phi) is 8.25. The molecule has 1 amide bonds. The summed E-state index contributed by atoms with van der Waals surface area (Å²) in [6, 6.07) is 16.6. The first-order chi connectivity index (χ1) is 15.3. The average Bonchev–Trinajstić information content (AvgIpc) is 2.75. The molecule has 0 bridgehead atoms. The summed E-state index contributed by atoms with van der Waals surface area (Å²) in [5.41, 5.74) is 4.74. The van der Waals surface area contributed by atoms with Crippen molar-refractivity contribution in [3.05, 3.63) is 70.8 Å². The Hall–Kier alpha value is -2.46. The first-order valence-electron chi connectivity index (χ1n) is 12.0. The molecule has 2 unspecified atom stereocenters. The van der Waals surface area contributed by atoms with Gasteiger partial charge in [-0.15, -0.1) is 0 Å². The minimum atomic E-state index is -0.0285. The molecule has 0 aliphatic carbocycles. The van der Waals surface area contributed by atoms with E-state index in [1.54, 1.807) is 0 Å². The van der Waals surface area contributed by atoms with Gasteiger partial charge in [0.15, 0.2) is 5.78 Å². The number of amides is 1. The van der Waals surface area contributed by atoms with Crippen molar-refractivity contribution >= 4 is 11.7 Å². The van der Waals surface area contributed by atoms with E-state index in [-0.39, 0.29) is 17.6 Å². The monoisotopic (exact) mass is 435 g/mol. The fraction of sp³-hybridized carbons (Fsp3) is 0.500. The number of nitrogens with zero attached hydrogens (tertiary/aromatic N) is 1. The number of hydrogen-bond acceptors (Lipinski definition) is 2. The van der Waals surface area contributed by atoms with Gasteiger partial charge in [0.05, 0.1) is 19.0 Å². The lowest BCUT2D eigenvalue weighted by Crippen LogP contribution is -2.58. The Bertz CT molecular complexity index is 902. The van der Waals surface area contributed by atoms with E-state index in [4.69, 9.17) is 0 Å². The highest BCUT2D eigenvalue weighted by molar-refractivity contribution is 5.83. The highest BCUT2D eigenvalue weighted by Crippen LogP contribution is 2.28. The quantitative estimate of drug-likeness (QED) is 0.585. The van der Waals surface area contributed by atoms with Crippen molar-refractivity contribution in [2.24, 2.45) is 11.8 Å². The van der Waals surface area contributed by atoms with E-state index in [0.717, 1.165) is 38.0 Å². The molecule has 0 spiro atoms. The number of ketones is 1. The number of nitrogens with one attached hydrogen (secondary N) is 1. The maximum atomic E-state index is 13.4. The van der Waals surface area contributed by atoms with Crippen LogP contribution in [0.25, 0.3) is 0 Å². The molecule has 0 aromatic heterocycles. The topological polar surface area (TPSA) is 46.2 Å². The number of likely N-dealkylation sites (tertiary alicyclic amines) is 1. The molecule has 0 radical (unpaired) electrons. The second-order valence-corrected chi connectivity index (χ2v) is 10.1. The van der Waals surface area contributed by atoms with Crippen LogP contribution in [0.3, 0.4) is 0 Å². The molecule has 2 atom stereocenters. The van der Waals surface area contributed by atoms with Crippen LogP contribution < -0.4 is 5.32 Å². The van der Waals surface area contributed by atoms with Gasteiger partial charge < -0.3 is 9.80 Å². The summed E-state index contributed by atoms with van der Waals surface area (Å²) in [5, 5.41) is 3.13. The van der Waals surface area contributed by atoms with Crippen molar-refractivity contribution < 1.29 is 14.1 Å². The smallest absolute Gasteiger partial charge is 0.228 e. The van der Waals surface area contributed by atoms with Crippen LogP contribution in [0.2, 0.25) is 0 Å². The second kappa shape index (κ2) is 10.9. The van der Waals surface area contributed by atoms with E-state index in [1.807, 2.05) is 12.1 Å². The zero-order valence-corrected chi connectivity index (χ0v) is 20.2. The average molecular weight is 436 g/mol. The Balaban J connectivity index is 1.79. The standard InChI is InChI=1S/C28H38N2O2/c1-21(2)17-29-28(32)25-14-9-15-30(19-25,18-24-12-6-5-7-13-24)20-26(31)16-27-22(3)10-8-11-23(27)4/h5-8,10-13,21,25H,9,14-20H2,1-4H3/p+1. The number of benzene rings is 2. The number of quaternary nitrogens is 1. The lowest BCUT2D eigenvalue weighted by molar-refractivity contribution is -0.940. The van der Waals surface area contributed by atoms with Crippen LogP contribution in [0.1, 0.15) is 48.9 Å². The van der Waals surface area contributed by atoms with Gasteiger partial charge in [0.2, 0.25) is 5.91 Å². The first kappa shape index (κ1) is 24.2. The van der Waals surface area contributed by atoms with Crippen LogP contribution in [-0.4, -0.2) is 42.4 Å². The van der Waals surface area contributed by atoms with Crippen LogP contribution in [0, 0.1) is 25.7 Å². The van der Waals surface area contributed by atoms with Crippen molar-refractivity contribution in [1.29, 1.82) is 0 Å². The summed E-state index contributed by atoms with van der Waals surface area (Å²) >= 11 is 0. The van der Waals surface area contributed by atoms with Crippen molar-refractivity contribution in [1.82, 2.24) is 5.32 Å². The summed E-state index contributed by atoms with van der Waals surface area (Å²) in [7, 11) is 0. The highest BCUT2D eigenvalue weighted by atomic mass is 16.2. The number of carbonyl (C=O) groups excluding carboxylic acids is 2. The third kappa shape index (κ3) is 6.52. The van der Waals surface area contributed by atoms with Gasteiger partial charge in [-0.05, 0) is 49.3 Å². The third-order valence-corrected chi connectivity index (χ3v) is 6.74. The molecule has 2 aromatic carbocycles. The number of aryl methyl sites for hydroxylation is 2. The summed E-state index contributed by atoms with van der Waals surface area (Å²) in [6.07, 6.45) is 2.35. The van der Waals surface area contributed by atoms with Crippen molar-refractivity contribution in [2.45, 2.75) is 53.5 Å². The molecule has 0 saturated carbocycles. The van der Waals surface area contributed by atoms with Crippen LogP contribution in [0.15, 0.2) is 48.5 Å². The molecule has 2 aromatic rings. The minimum Gasteiger partial charge on any atom is -0.355 e. The summed E-state index contributed by atoms with van der Waals surface area (Å²) in [6.45, 7) is 12.1. The maximum Gasteiger partial charge on any atom is 0.228 e. The molecular formula is C28H39N2O2+. The van der Waals surface area contributed by atoms with Gasteiger partial charge in [0, 0.05) is 18.5 Å². The molecular weight excluding hydrogens is 396 g/mol. The highest BCUT2D eigenvalue weighted by Gasteiger charge is 2.39. The van der Waals surface area contributed by atoms with E-state index in [9.17, 15) is 9.59 Å². The van der Waals surface area contributed by atoms with E-state index < -0.39 is 0 Å². The van der Waals surface area contributed by atoms with Crippen LogP contribution in [0.4, 0.5) is 0 Å². The molecule has 1 fully saturated rings. The van der Waals surface area contributed by atoms with Crippen LogP contribution in [0.5, 0.6) is 0 Å². The van der Waals surface area contributed by atoms with E-state index >= 15 is 0 Å². The largest absolute Gasteiger partial charge is 0.355 e. The minimum absolute atomic E-state index is 0.0285. The SMILES string of the molecule is Cc1cccc(C)c1CC(=O)C[N+]1(Cc2ccccc2)CCCC(C(=O)NCC(C)C)C1. The van der Waals surface area contributed by atoms with Gasteiger partial charge in [0.1, 0.15) is 13.1 Å². The van der Waals surface area contributed by atoms with Crippen LogP contribution >= 0.6 is 0 Å². The lowest BCUT2D eigenvalue weighted by atomic mass is 9.92. The zero-order chi connectivity index (χ0) is 23.1. The number of Topliss-reactive ketones (excluding diaryl/α,β-unsaturated/α-hetero) is 1. The second-order valence-electron chi connectivity index (χ2n) is 10.1. The Morgan fingerprint density at radius 2 is 1.72 bits per heavy atom. The van der Waals surface area contributed by atoms with Gasteiger partial charge in [-0.2, -0.15) is 0 Å². The summed E-state index contributed by atoms with van der Waals surface area (Å²) in [4.78, 5) is 26.3. The fourth-order valence-electron chi connectivity index (χ4n) is 5.06. The first-order valence-corrected chi connectivity index (χ1v) is 12.0. The van der Waals surface area contributed by atoms with Crippen molar-refractivity contribution in [3.8, 4) is 0 Å². The fourth-order valence-corrected chi connectivity index (χ4v) is 5.06. The molecule has 4 heteroatoms. The molecule has 32 heavy (non-hydrogen) atoms. The Morgan fingerprint density at radius 3 is 2.38 bits per heavy atom. The molecule has 172 valence electrons. The lowest BCUT2D eigenvalue weighted by Gasteiger charge is -2.44. The van der Waals surface area contributed by atoms with Gasteiger partial charge in [-0.3, -0.25) is 9.59 Å². The predicted octanol–water partition coefficient (Wildman–Crippen LogP) is 4.61. The molecule has 1 N–H and O–H groups in total. The van der Waals surface area contributed by atoms with Gasteiger partial charge in [0.25, 0.3) is 0 Å². The Morgan fingerprint density at radius 1 is 1.03 bits per heavy atom. The van der Waals surface area contributed by atoms with Gasteiger partial charge >= 0.3 is 0 Å². The summed E-state index contributed by atoms with van der Waals surface area (Å²) < 4.78 is 0.674. The van der Waals surface area contributed by atoms with Crippen LogP contribution in [-0.2, 0) is 22.6 Å². The van der Waals surface area contributed by atoms with E-state index in [0.29, 0.717) is 29.9 Å². The normalized spacial score (nSPS) is 20.8. The number of hydrogen-bond donors (Lipinski definition) is 1. The van der Waals surface area contributed by atoms with Gasteiger partial charge in [-0.1, -0.05) is 62.4 Å². The molecule has 1 heterocycles. The number of rotatable bonds is 9. The molecule has 4 nitrogen and oxygen atoms in total. The van der Waals surface area contributed by atoms with Gasteiger partial charge in [-0.25, -0.2) is 0 Å². The molecule has 1 aliphatic rings. The van der Waals surface area contributed by atoms with E-state index in [2.05, 4.69) is 69.4 Å². The maximum absolute atomic E-state index is 13.4. The predicted molar refractivity (Wildman–Crippen MR) is 130 cm³/mol. The Labute approximate surface area is 193 Å². The molecule has 3 rings (SSSR count). The van der Waals surface area contributed by atoms with Crippen molar-refractivity contribution in [2.75, 3.05) is 26.2 Å². The van der Waals surface area contributed by atoms with Crippen molar-refractivity contribution in [3.63, 3.8) is 0 Å². The number of carbonyl (C=O) groups is 2. The number of piperidine rings is 1. The zero-order valence-electron chi connectivity index (χ0n) is 20.2. The molecule has 1 saturated heterocycles. The van der Waals surface area contributed by atoms with E-state index in [1.165, 1.54) is 16.7 Å². The third-order valence-electron chi connectivity index (χ3n) is 6.74. The molecule has 1 aliphatic heterocycles. The summed E-state index contributed by atoms with van der Waals surface area (Å²) in [5.74, 6) is 0.821.